The van der Waals surface area contributed by atoms with Crippen molar-refractivity contribution in [2.24, 2.45) is 0 Å². The fourth-order valence-corrected chi connectivity index (χ4v) is 2.35. The monoisotopic (exact) mass is 547 g/mol. The van der Waals surface area contributed by atoms with Crippen molar-refractivity contribution in [1.29, 1.82) is 0 Å². The second kappa shape index (κ2) is 8.86. The van der Waals surface area contributed by atoms with E-state index in [1.54, 1.807) is 18.6 Å². The molecule has 0 unspecified atom stereocenters. The summed E-state index contributed by atoms with van der Waals surface area (Å²) in [5.74, 6) is 0. The van der Waals surface area contributed by atoms with Gasteiger partial charge in [0.2, 0.25) is 0 Å². The molecule has 3 rings (SSSR count). The number of aromatic nitrogens is 3. The topological polar surface area (TPSA) is 38.7 Å². The van der Waals surface area contributed by atoms with Crippen LogP contribution in [0.1, 0.15) is 0 Å². The van der Waals surface area contributed by atoms with Crippen molar-refractivity contribution in [2.75, 3.05) is 0 Å². The number of nitrogens with zero attached hydrogens (tertiary/aromatic N) is 3. The maximum Gasteiger partial charge on any atom is 0.106 e. The van der Waals surface area contributed by atoms with Crippen molar-refractivity contribution >= 4 is 63.7 Å². The third-order valence-electron chi connectivity index (χ3n) is 2.41. The first-order valence-electron chi connectivity index (χ1n) is 6.05. The van der Waals surface area contributed by atoms with Gasteiger partial charge in [-0.1, -0.05) is 0 Å². The van der Waals surface area contributed by atoms with Gasteiger partial charge in [0.15, 0.2) is 0 Å². The van der Waals surface area contributed by atoms with Gasteiger partial charge >= 0.3 is 0 Å². The van der Waals surface area contributed by atoms with Gasteiger partial charge in [-0.3, -0.25) is 9.97 Å². The molecular weight excluding hydrogens is 542 g/mol. The van der Waals surface area contributed by atoms with Gasteiger partial charge in [0.25, 0.3) is 0 Å². The molecule has 0 aromatic carbocycles. The summed E-state index contributed by atoms with van der Waals surface area (Å²) in [7, 11) is 0. The molecule has 0 amide bonds. The third-order valence-corrected chi connectivity index (χ3v) is 4.28. The molecule has 0 fully saturated rings. The van der Waals surface area contributed by atoms with Gasteiger partial charge in [-0.2, -0.15) is 0 Å². The van der Waals surface area contributed by atoms with Crippen molar-refractivity contribution in [3.05, 3.63) is 73.0 Å². The van der Waals surface area contributed by atoms with Crippen LogP contribution in [0.25, 0.3) is 11.4 Å². The predicted molar refractivity (Wildman–Crippen MR) is 103 cm³/mol. The van der Waals surface area contributed by atoms with Gasteiger partial charge in [0, 0.05) is 32.0 Å². The van der Waals surface area contributed by atoms with Gasteiger partial charge in [0.1, 0.15) is 4.60 Å². The molecule has 112 valence electrons. The van der Waals surface area contributed by atoms with Crippen LogP contribution in [0, 0.1) is 0 Å². The van der Waals surface area contributed by atoms with Crippen molar-refractivity contribution in [3.63, 3.8) is 0 Å². The minimum absolute atomic E-state index is 0.862. The number of hydrogen-bond acceptors (Lipinski definition) is 3. The lowest BCUT2D eigenvalue weighted by Gasteiger charge is -1.99. The summed E-state index contributed by atoms with van der Waals surface area (Å²) in [4.78, 5) is 12.5. The smallest absolute Gasteiger partial charge is 0.106 e. The Kier molecular flexibility index (Phi) is 7.14. The van der Waals surface area contributed by atoms with Crippen LogP contribution >= 0.6 is 63.7 Å². The zero-order valence-corrected chi connectivity index (χ0v) is 17.4. The molecule has 0 saturated carbocycles. The molecule has 3 nitrogen and oxygen atoms in total. The van der Waals surface area contributed by atoms with Crippen molar-refractivity contribution in [1.82, 2.24) is 15.0 Å². The molecule has 22 heavy (non-hydrogen) atoms. The van der Waals surface area contributed by atoms with E-state index in [2.05, 4.69) is 78.7 Å². The summed E-state index contributed by atoms with van der Waals surface area (Å²) in [6, 6.07) is 11.6. The van der Waals surface area contributed by atoms with Crippen molar-refractivity contribution in [3.8, 4) is 11.4 Å². The van der Waals surface area contributed by atoms with Crippen LogP contribution < -0.4 is 0 Å². The number of hydrogen-bond donors (Lipinski definition) is 0. The van der Waals surface area contributed by atoms with E-state index >= 15 is 0 Å². The Morgan fingerprint density at radius 2 is 0.909 bits per heavy atom. The Labute approximate surface area is 162 Å². The maximum atomic E-state index is 4.25. The molecule has 3 heterocycles. The molecule has 0 saturated heterocycles. The Balaban J connectivity index is 0.000000188. The van der Waals surface area contributed by atoms with Crippen LogP contribution in [0.15, 0.2) is 73.0 Å². The highest BCUT2D eigenvalue weighted by atomic mass is 79.9. The second-order valence-electron chi connectivity index (χ2n) is 4.02. The van der Waals surface area contributed by atoms with Gasteiger partial charge in [-0.25, -0.2) is 4.98 Å². The quantitative estimate of drug-likeness (QED) is 0.335. The number of halogens is 4. The first-order valence-corrected chi connectivity index (χ1v) is 9.22. The maximum absolute atomic E-state index is 4.25. The highest BCUT2D eigenvalue weighted by molar-refractivity contribution is 9.11. The van der Waals surface area contributed by atoms with E-state index in [1.807, 2.05) is 36.4 Å². The average Bonchev–Trinajstić information content (AvgIpc) is 2.53. The van der Waals surface area contributed by atoms with E-state index in [-0.39, 0.29) is 0 Å². The largest absolute Gasteiger partial charge is 0.253 e. The molecule has 0 N–H and O–H groups in total. The summed E-state index contributed by atoms with van der Waals surface area (Å²) in [5, 5.41) is 0. The van der Waals surface area contributed by atoms with Crippen LogP contribution in [-0.4, -0.2) is 15.0 Å². The van der Waals surface area contributed by atoms with E-state index in [1.165, 1.54) is 0 Å². The van der Waals surface area contributed by atoms with E-state index in [4.69, 9.17) is 0 Å². The summed E-state index contributed by atoms with van der Waals surface area (Å²) in [5.41, 5.74) is 1.75. The Morgan fingerprint density at radius 1 is 0.500 bits per heavy atom. The molecule has 3 aromatic rings. The molecule has 0 bridgehead atoms. The van der Waals surface area contributed by atoms with E-state index < -0.39 is 0 Å². The molecule has 3 aromatic heterocycles. The second-order valence-corrected chi connectivity index (χ2v) is 7.58. The molecule has 0 aliphatic carbocycles. The summed E-state index contributed by atoms with van der Waals surface area (Å²) in [6.45, 7) is 0. The van der Waals surface area contributed by atoms with E-state index in [0.717, 1.165) is 29.4 Å². The molecule has 0 atom stereocenters. The summed E-state index contributed by atoms with van der Waals surface area (Å²) < 4.78 is 3.80. The fraction of sp³-hybridized carbons (Fsp3) is 0. The van der Waals surface area contributed by atoms with Gasteiger partial charge in [-0.05, 0) is 100 Å². The van der Waals surface area contributed by atoms with Crippen molar-refractivity contribution < 1.29 is 0 Å². The minimum atomic E-state index is 0.862. The Bertz CT molecular complexity index is 649. The van der Waals surface area contributed by atoms with Crippen molar-refractivity contribution in [2.45, 2.75) is 0 Å². The fourth-order valence-electron chi connectivity index (χ4n) is 1.41. The summed E-state index contributed by atoms with van der Waals surface area (Å²) >= 11 is 13.2. The molecule has 0 spiro atoms. The van der Waals surface area contributed by atoms with Crippen LogP contribution in [-0.2, 0) is 0 Å². The molecule has 0 radical (unpaired) electrons. The predicted octanol–water partition coefficient (Wildman–Crippen LogP) is 6.28. The lowest BCUT2D eigenvalue weighted by Crippen LogP contribution is -1.85. The first-order chi connectivity index (χ1) is 10.5. The average molecular weight is 551 g/mol. The third kappa shape index (κ3) is 5.87. The highest BCUT2D eigenvalue weighted by Crippen LogP contribution is 2.18. The zero-order chi connectivity index (χ0) is 15.9. The number of pyridine rings is 3. The van der Waals surface area contributed by atoms with Gasteiger partial charge in [-0.15, -0.1) is 0 Å². The summed E-state index contributed by atoms with van der Waals surface area (Å²) in [6.07, 6.45) is 5.27. The Morgan fingerprint density at radius 3 is 1.18 bits per heavy atom. The van der Waals surface area contributed by atoms with Crippen LogP contribution in [0.3, 0.4) is 0 Å². The van der Waals surface area contributed by atoms with Crippen LogP contribution in [0.2, 0.25) is 0 Å². The standard InChI is InChI=1S/C10H6Br2N2.C5H3Br2N/c11-7-1-3-9(13-5-7)10-4-2-8(12)6-14-10;6-4-1-2-5(7)8-3-4/h1-6H;1-3H. The zero-order valence-electron chi connectivity index (χ0n) is 11.0. The van der Waals surface area contributed by atoms with Gasteiger partial charge in [0.05, 0.1) is 11.4 Å². The molecular formula is C15H9Br4N3. The van der Waals surface area contributed by atoms with E-state index in [0.29, 0.717) is 0 Å². The molecule has 0 aliphatic heterocycles. The SMILES string of the molecule is Brc1ccc(-c2ccc(Br)cn2)nc1.Brc1ccc(Br)nc1. The van der Waals surface area contributed by atoms with E-state index in [9.17, 15) is 0 Å². The lowest BCUT2D eigenvalue weighted by molar-refractivity contribution is 1.23. The number of rotatable bonds is 1. The normalized spacial score (nSPS) is 9.82. The molecule has 0 aliphatic rings. The first kappa shape index (κ1) is 17.7. The Hall–Kier alpha value is -0.630. The van der Waals surface area contributed by atoms with Gasteiger partial charge < -0.3 is 0 Å². The van der Waals surface area contributed by atoms with Crippen LogP contribution in [0.5, 0.6) is 0 Å². The van der Waals surface area contributed by atoms with Crippen LogP contribution in [0.4, 0.5) is 0 Å². The molecule has 7 heteroatoms. The highest BCUT2D eigenvalue weighted by Gasteiger charge is 1.99. The minimum Gasteiger partial charge on any atom is -0.253 e. The lowest BCUT2D eigenvalue weighted by atomic mass is 10.2.